The molecule has 0 amide bonds. The number of nitrogens with zero attached hydrogens (tertiary/aromatic N) is 3. The molecular weight excluding hydrogens is 224 g/mol. The second-order valence-corrected chi connectivity index (χ2v) is 4.93. The molecule has 4 heteroatoms. The molecule has 2 unspecified atom stereocenters. The third-order valence-corrected chi connectivity index (χ3v) is 3.46. The zero-order valence-electron chi connectivity index (χ0n) is 10.6. The van der Waals surface area contributed by atoms with Crippen molar-refractivity contribution in [1.82, 2.24) is 20.1 Å². The highest BCUT2D eigenvalue weighted by atomic mass is 15.3. The molecule has 1 N–H and O–H groups in total. The molecule has 1 aliphatic rings. The molecular formula is C14H18N4. The van der Waals surface area contributed by atoms with Gasteiger partial charge in [0.15, 0.2) is 0 Å². The van der Waals surface area contributed by atoms with Crippen LogP contribution in [0.15, 0.2) is 36.8 Å². The quantitative estimate of drug-likeness (QED) is 0.891. The van der Waals surface area contributed by atoms with Crippen molar-refractivity contribution >= 4 is 0 Å². The van der Waals surface area contributed by atoms with Crippen molar-refractivity contribution in [1.29, 1.82) is 0 Å². The van der Waals surface area contributed by atoms with Crippen LogP contribution in [-0.4, -0.2) is 20.8 Å². The lowest BCUT2D eigenvalue weighted by Gasteiger charge is -2.19. The lowest BCUT2D eigenvalue weighted by Crippen LogP contribution is -2.33. The van der Waals surface area contributed by atoms with E-state index in [1.807, 2.05) is 35.4 Å². The van der Waals surface area contributed by atoms with Gasteiger partial charge in [0.1, 0.15) is 0 Å². The Morgan fingerprint density at radius 3 is 3.22 bits per heavy atom. The first-order valence-electron chi connectivity index (χ1n) is 6.50. The van der Waals surface area contributed by atoms with Crippen LogP contribution < -0.4 is 5.32 Å². The summed E-state index contributed by atoms with van der Waals surface area (Å²) in [7, 11) is 0. The Labute approximate surface area is 107 Å². The average Bonchev–Trinajstić information content (AvgIpc) is 3.00. The summed E-state index contributed by atoms with van der Waals surface area (Å²) in [5.41, 5.74) is 2.62. The first kappa shape index (κ1) is 11.4. The maximum atomic E-state index is 4.51. The molecule has 2 atom stereocenters. The summed E-state index contributed by atoms with van der Waals surface area (Å²) in [5.74, 6) is 0. The molecule has 0 aliphatic heterocycles. The highest BCUT2D eigenvalue weighted by Gasteiger charge is 2.24. The topological polar surface area (TPSA) is 42.7 Å². The van der Waals surface area contributed by atoms with Gasteiger partial charge in [-0.1, -0.05) is 6.07 Å². The summed E-state index contributed by atoms with van der Waals surface area (Å²) in [4.78, 5) is 4.51. The summed E-state index contributed by atoms with van der Waals surface area (Å²) < 4.78 is 1.96. The van der Waals surface area contributed by atoms with E-state index in [2.05, 4.69) is 28.4 Å². The molecule has 0 spiro atoms. The van der Waals surface area contributed by atoms with Crippen molar-refractivity contribution in [3.05, 3.63) is 48.0 Å². The fourth-order valence-corrected chi connectivity index (χ4v) is 2.66. The number of pyridine rings is 1. The molecule has 18 heavy (non-hydrogen) atoms. The SMILES string of the molecule is CC(Cn1cccn1)NC1CCc2cccnc21. The number of aromatic nitrogens is 3. The molecule has 3 rings (SSSR count). The van der Waals surface area contributed by atoms with Crippen LogP contribution >= 0.6 is 0 Å². The average molecular weight is 242 g/mol. The Hall–Kier alpha value is -1.68. The van der Waals surface area contributed by atoms with Crippen LogP contribution in [0.25, 0.3) is 0 Å². The molecule has 2 aromatic heterocycles. The predicted octanol–water partition coefficient (Wildman–Crippen LogP) is 1.94. The predicted molar refractivity (Wildman–Crippen MR) is 70.1 cm³/mol. The van der Waals surface area contributed by atoms with Gasteiger partial charge in [0, 0.05) is 24.6 Å². The minimum absolute atomic E-state index is 0.392. The van der Waals surface area contributed by atoms with Gasteiger partial charge in [0.25, 0.3) is 0 Å². The van der Waals surface area contributed by atoms with Gasteiger partial charge < -0.3 is 5.32 Å². The van der Waals surface area contributed by atoms with E-state index in [4.69, 9.17) is 0 Å². The minimum atomic E-state index is 0.392. The molecule has 0 radical (unpaired) electrons. The zero-order chi connectivity index (χ0) is 12.4. The third-order valence-electron chi connectivity index (χ3n) is 3.46. The van der Waals surface area contributed by atoms with E-state index < -0.39 is 0 Å². The monoisotopic (exact) mass is 242 g/mol. The van der Waals surface area contributed by atoms with Gasteiger partial charge in [-0.2, -0.15) is 5.10 Å². The molecule has 94 valence electrons. The molecule has 1 aliphatic carbocycles. The Morgan fingerprint density at radius 1 is 1.44 bits per heavy atom. The van der Waals surface area contributed by atoms with Gasteiger partial charge in [-0.15, -0.1) is 0 Å². The van der Waals surface area contributed by atoms with Crippen LogP contribution in [-0.2, 0) is 13.0 Å². The number of aryl methyl sites for hydroxylation is 1. The normalized spacial score (nSPS) is 19.7. The van der Waals surface area contributed by atoms with E-state index in [-0.39, 0.29) is 0 Å². The zero-order valence-corrected chi connectivity index (χ0v) is 10.6. The molecule has 2 heterocycles. The van der Waals surface area contributed by atoms with Crippen molar-refractivity contribution in [2.45, 2.75) is 38.4 Å². The van der Waals surface area contributed by atoms with Crippen LogP contribution in [0.2, 0.25) is 0 Å². The second-order valence-electron chi connectivity index (χ2n) is 4.93. The van der Waals surface area contributed by atoms with Crippen LogP contribution in [0.1, 0.15) is 30.6 Å². The van der Waals surface area contributed by atoms with Gasteiger partial charge in [-0.05, 0) is 37.5 Å². The maximum absolute atomic E-state index is 4.51. The van der Waals surface area contributed by atoms with Crippen LogP contribution in [0.4, 0.5) is 0 Å². The van der Waals surface area contributed by atoms with Crippen molar-refractivity contribution in [3.8, 4) is 0 Å². The molecule has 4 nitrogen and oxygen atoms in total. The lowest BCUT2D eigenvalue weighted by molar-refractivity contribution is 0.394. The van der Waals surface area contributed by atoms with Gasteiger partial charge >= 0.3 is 0 Å². The van der Waals surface area contributed by atoms with E-state index >= 15 is 0 Å². The van der Waals surface area contributed by atoms with E-state index in [0.29, 0.717) is 12.1 Å². The lowest BCUT2D eigenvalue weighted by atomic mass is 10.2. The highest BCUT2D eigenvalue weighted by molar-refractivity contribution is 5.27. The Bertz CT molecular complexity index is 506. The molecule has 0 aromatic carbocycles. The Balaban J connectivity index is 1.64. The van der Waals surface area contributed by atoms with Gasteiger partial charge in [0.2, 0.25) is 0 Å². The first-order chi connectivity index (χ1) is 8.83. The largest absolute Gasteiger partial charge is 0.304 e. The summed E-state index contributed by atoms with van der Waals surface area (Å²) >= 11 is 0. The van der Waals surface area contributed by atoms with Crippen molar-refractivity contribution in [2.75, 3.05) is 0 Å². The van der Waals surface area contributed by atoms with Crippen LogP contribution in [0.3, 0.4) is 0 Å². The van der Waals surface area contributed by atoms with E-state index in [1.165, 1.54) is 11.3 Å². The fourth-order valence-electron chi connectivity index (χ4n) is 2.66. The summed E-state index contributed by atoms with van der Waals surface area (Å²) in [5, 5.41) is 7.89. The number of hydrogen-bond donors (Lipinski definition) is 1. The Kier molecular flexibility index (Phi) is 3.11. The number of fused-ring (bicyclic) bond motifs is 1. The molecule has 0 fully saturated rings. The summed E-state index contributed by atoms with van der Waals surface area (Å²) in [6.07, 6.45) is 7.99. The summed E-state index contributed by atoms with van der Waals surface area (Å²) in [6, 6.07) is 6.95. The van der Waals surface area contributed by atoms with Crippen molar-refractivity contribution in [3.63, 3.8) is 0 Å². The minimum Gasteiger partial charge on any atom is -0.304 e. The molecule has 2 aromatic rings. The van der Waals surface area contributed by atoms with Crippen molar-refractivity contribution in [2.24, 2.45) is 0 Å². The number of rotatable bonds is 4. The highest BCUT2D eigenvalue weighted by Crippen LogP contribution is 2.29. The smallest absolute Gasteiger partial charge is 0.0605 e. The third kappa shape index (κ3) is 2.29. The van der Waals surface area contributed by atoms with E-state index in [9.17, 15) is 0 Å². The summed E-state index contributed by atoms with van der Waals surface area (Å²) in [6.45, 7) is 3.09. The van der Waals surface area contributed by atoms with Crippen LogP contribution in [0, 0.1) is 0 Å². The first-order valence-corrected chi connectivity index (χ1v) is 6.50. The van der Waals surface area contributed by atoms with E-state index in [0.717, 1.165) is 19.4 Å². The van der Waals surface area contributed by atoms with Gasteiger partial charge in [0.05, 0.1) is 18.3 Å². The van der Waals surface area contributed by atoms with E-state index in [1.54, 1.807) is 0 Å². The van der Waals surface area contributed by atoms with Crippen LogP contribution in [0.5, 0.6) is 0 Å². The van der Waals surface area contributed by atoms with Gasteiger partial charge in [-0.3, -0.25) is 9.67 Å². The standard InChI is InChI=1S/C14H18N4/c1-11(10-18-9-3-8-16-18)17-13-6-5-12-4-2-7-15-14(12)13/h2-4,7-9,11,13,17H,5-6,10H2,1H3. The molecule has 0 saturated heterocycles. The van der Waals surface area contributed by atoms with Crippen molar-refractivity contribution < 1.29 is 0 Å². The number of hydrogen-bond acceptors (Lipinski definition) is 3. The maximum Gasteiger partial charge on any atom is 0.0605 e. The fraction of sp³-hybridized carbons (Fsp3) is 0.429. The van der Waals surface area contributed by atoms with Gasteiger partial charge in [-0.25, -0.2) is 0 Å². The molecule has 0 bridgehead atoms. The molecule has 0 saturated carbocycles. The Morgan fingerprint density at radius 2 is 2.39 bits per heavy atom. The number of nitrogens with one attached hydrogen (secondary N) is 1. The second kappa shape index (κ2) is 4.90.